The average molecular weight is 246 g/mol. The van der Waals surface area contributed by atoms with Crippen LogP contribution in [0.2, 0.25) is 4.34 Å². The molecule has 1 aromatic heterocycles. The topological polar surface area (TPSA) is 12.0 Å². The van der Waals surface area contributed by atoms with Gasteiger partial charge in [0.1, 0.15) is 0 Å². The largest absolute Gasteiger partial charge is 0.316 e. The van der Waals surface area contributed by atoms with Crippen molar-refractivity contribution in [1.82, 2.24) is 5.32 Å². The molecule has 0 aliphatic carbocycles. The predicted molar refractivity (Wildman–Crippen MR) is 70.0 cm³/mol. The first-order chi connectivity index (χ1) is 7.22. The van der Waals surface area contributed by atoms with Gasteiger partial charge in [0.2, 0.25) is 0 Å². The van der Waals surface area contributed by atoms with Crippen LogP contribution in [0, 0.1) is 5.92 Å². The first-order valence-electron chi connectivity index (χ1n) is 5.67. The highest BCUT2D eigenvalue weighted by Gasteiger charge is 2.00. The van der Waals surface area contributed by atoms with Gasteiger partial charge < -0.3 is 5.32 Å². The summed E-state index contributed by atoms with van der Waals surface area (Å²) in [5.74, 6) is 0.793. The molecule has 0 amide bonds. The zero-order valence-corrected chi connectivity index (χ0v) is 11.1. The Hall–Kier alpha value is -0.0500. The molecular weight excluding hydrogens is 226 g/mol. The molecule has 0 spiro atoms. The third-order valence-electron chi connectivity index (χ3n) is 2.45. The standard InChI is InChI=1S/C12H20ClNS/c1-3-4-10(2)9-14-8-7-11-5-6-12(13)15-11/h5-6,10,14H,3-4,7-9H2,1-2H3. The summed E-state index contributed by atoms with van der Waals surface area (Å²) >= 11 is 7.55. The van der Waals surface area contributed by atoms with Gasteiger partial charge in [-0.3, -0.25) is 0 Å². The lowest BCUT2D eigenvalue weighted by atomic mass is 10.1. The van der Waals surface area contributed by atoms with Gasteiger partial charge in [-0.1, -0.05) is 31.9 Å². The molecular formula is C12H20ClNS. The van der Waals surface area contributed by atoms with Crippen molar-refractivity contribution < 1.29 is 0 Å². The summed E-state index contributed by atoms with van der Waals surface area (Å²) in [6.07, 6.45) is 3.69. The van der Waals surface area contributed by atoms with Gasteiger partial charge in [-0.25, -0.2) is 0 Å². The second kappa shape index (κ2) is 7.26. The average Bonchev–Trinajstić information content (AvgIpc) is 2.60. The summed E-state index contributed by atoms with van der Waals surface area (Å²) in [6.45, 7) is 6.74. The van der Waals surface area contributed by atoms with E-state index in [-0.39, 0.29) is 0 Å². The third-order valence-corrected chi connectivity index (χ3v) is 3.74. The van der Waals surface area contributed by atoms with Crippen LogP contribution in [0.25, 0.3) is 0 Å². The molecule has 1 atom stereocenters. The fourth-order valence-corrected chi connectivity index (χ4v) is 2.73. The molecule has 1 N–H and O–H groups in total. The minimum absolute atomic E-state index is 0.793. The quantitative estimate of drug-likeness (QED) is 0.717. The normalized spacial score (nSPS) is 13.0. The fourth-order valence-electron chi connectivity index (χ4n) is 1.64. The van der Waals surface area contributed by atoms with Gasteiger partial charge in [-0.15, -0.1) is 11.3 Å². The molecule has 3 heteroatoms. The van der Waals surface area contributed by atoms with Crippen LogP contribution in [0.4, 0.5) is 0 Å². The third kappa shape index (κ3) is 5.55. The van der Waals surface area contributed by atoms with E-state index in [4.69, 9.17) is 11.6 Å². The highest BCUT2D eigenvalue weighted by molar-refractivity contribution is 7.16. The number of nitrogens with one attached hydrogen (secondary N) is 1. The monoisotopic (exact) mass is 245 g/mol. The summed E-state index contributed by atoms with van der Waals surface area (Å²) in [5, 5.41) is 3.49. The van der Waals surface area contributed by atoms with Gasteiger partial charge in [0, 0.05) is 4.88 Å². The van der Waals surface area contributed by atoms with Crippen LogP contribution < -0.4 is 5.32 Å². The number of thiophene rings is 1. The molecule has 1 unspecified atom stereocenters. The van der Waals surface area contributed by atoms with E-state index in [9.17, 15) is 0 Å². The van der Waals surface area contributed by atoms with E-state index in [0.717, 1.165) is 29.8 Å². The van der Waals surface area contributed by atoms with Crippen molar-refractivity contribution >= 4 is 22.9 Å². The van der Waals surface area contributed by atoms with E-state index in [1.165, 1.54) is 17.7 Å². The molecule has 0 aliphatic heterocycles. The van der Waals surface area contributed by atoms with Gasteiger partial charge in [-0.2, -0.15) is 0 Å². The minimum Gasteiger partial charge on any atom is -0.316 e. The lowest BCUT2D eigenvalue weighted by Crippen LogP contribution is -2.23. The molecule has 0 bridgehead atoms. The molecule has 86 valence electrons. The van der Waals surface area contributed by atoms with Gasteiger partial charge in [0.25, 0.3) is 0 Å². The Morgan fingerprint density at radius 2 is 2.27 bits per heavy atom. The highest BCUT2D eigenvalue weighted by Crippen LogP contribution is 2.21. The smallest absolute Gasteiger partial charge is 0.0931 e. The van der Waals surface area contributed by atoms with E-state index in [2.05, 4.69) is 25.2 Å². The van der Waals surface area contributed by atoms with Crippen LogP contribution >= 0.6 is 22.9 Å². The zero-order chi connectivity index (χ0) is 11.1. The van der Waals surface area contributed by atoms with Crippen molar-refractivity contribution in [3.05, 3.63) is 21.3 Å². The number of rotatable bonds is 7. The maximum atomic E-state index is 5.86. The molecule has 0 aromatic carbocycles. The Balaban J connectivity index is 2.06. The molecule has 1 aromatic rings. The fraction of sp³-hybridized carbons (Fsp3) is 0.667. The lowest BCUT2D eigenvalue weighted by Gasteiger charge is -2.10. The van der Waals surface area contributed by atoms with Crippen LogP contribution in [-0.4, -0.2) is 13.1 Å². The molecule has 0 fully saturated rings. The minimum atomic E-state index is 0.793. The maximum absolute atomic E-state index is 5.86. The molecule has 1 rings (SSSR count). The Morgan fingerprint density at radius 1 is 1.47 bits per heavy atom. The zero-order valence-electron chi connectivity index (χ0n) is 9.55. The number of halogens is 1. The van der Waals surface area contributed by atoms with Crippen LogP contribution in [0.15, 0.2) is 12.1 Å². The summed E-state index contributed by atoms with van der Waals surface area (Å²) in [7, 11) is 0. The van der Waals surface area contributed by atoms with E-state index in [1.807, 2.05) is 6.07 Å². The van der Waals surface area contributed by atoms with E-state index < -0.39 is 0 Å². The molecule has 1 nitrogen and oxygen atoms in total. The first-order valence-corrected chi connectivity index (χ1v) is 6.86. The van der Waals surface area contributed by atoms with Crippen LogP contribution in [0.3, 0.4) is 0 Å². The Labute approximate surface area is 102 Å². The highest BCUT2D eigenvalue weighted by atomic mass is 35.5. The lowest BCUT2D eigenvalue weighted by molar-refractivity contribution is 0.478. The van der Waals surface area contributed by atoms with Gasteiger partial charge in [0.15, 0.2) is 0 Å². The second-order valence-electron chi connectivity index (χ2n) is 4.05. The van der Waals surface area contributed by atoms with Crippen molar-refractivity contribution in [2.45, 2.75) is 33.1 Å². The van der Waals surface area contributed by atoms with Crippen LogP contribution in [0.5, 0.6) is 0 Å². The van der Waals surface area contributed by atoms with Crippen LogP contribution in [0.1, 0.15) is 31.6 Å². The molecule has 15 heavy (non-hydrogen) atoms. The van der Waals surface area contributed by atoms with Crippen molar-refractivity contribution in [2.24, 2.45) is 5.92 Å². The van der Waals surface area contributed by atoms with Gasteiger partial charge in [-0.05, 0) is 44.0 Å². The summed E-state index contributed by atoms with van der Waals surface area (Å²) in [5.41, 5.74) is 0. The molecule has 1 heterocycles. The maximum Gasteiger partial charge on any atom is 0.0931 e. The molecule has 0 saturated heterocycles. The van der Waals surface area contributed by atoms with Crippen molar-refractivity contribution in [2.75, 3.05) is 13.1 Å². The Morgan fingerprint density at radius 3 is 2.87 bits per heavy atom. The number of hydrogen-bond donors (Lipinski definition) is 1. The van der Waals surface area contributed by atoms with E-state index in [1.54, 1.807) is 11.3 Å². The summed E-state index contributed by atoms with van der Waals surface area (Å²) in [6, 6.07) is 4.09. The van der Waals surface area contributed by atoms with Crippen LogP contribution in [-0.2, 0) is 6.42 Å². The van der Waals surface area contributed by atoms with Crippen molar-refractivity contribution in [3.63, 3.8) is 0 Å². The number of hydrogen-bond acceptors (Lipinski definition) is 2. The van der Waals surface area contributed by atoms with Crippen molar-refractivity contribution in [1.29, 1.82) is 0 Å². The van der Waals surface area contributed by atoms with Gasteiger partial charge in [0.05, 0.1) is 4.34 Å². The van der Waals surface area contributed by atoms with E-state index in [0.29, 0.717) is 0 Å². The second-order valence-corrected chi connectivity index (χ2v) is 5.85. The Kier molecular flexibility index (Phi) is 6.30. The van der Waals surface area contributed by atoms with Crippen molar-refractivity contribution in [3.8, 4) is 0 Å². The first kappa shape index (κ1) is 13.0. The summed E-state index contributed by atoms with van der Waals surface area (Å²) in [4.78, 5) is 1.37. The SMILES string of the molecule is CCCC(C)CNCCc1ccc(Cl)s1. The molecule has 0 saturated carbocycles. The molecule has 0 aliphatic rings. The Bertz CT molecular complexity index is 272. The molecule has 0 radical (unpaired) electrons. The summed E-state index contributed by atoms with van der Waals surface area (Å²) < 4.78 is 0.893. The predicted octanol–water partition coefficient (Wildman–Crippen LogP) is 3.97. The van der Waals surface area contributed by atoms with Gasteiger partial charge >= 0.3 is 0 Å². The van der Waals surface area contributed by atoms with E-state index >= 15 is 0 Å².